The molecule has 0 saturated carbocycles. The number of terminal acetylenes is 1. The van der Waals surface area contributed by atoms with Crippen molar-refractivity contribution in [3.63, 3.8) is 0 Å². The SMILES string of the molecule is C#Cc1cnc2nc1N[C@H](C)CCOc1nn(C3CCOCC3)c(C)c1N2. The largest absolute Gasteiger partial charge is 0.475 e. The number of nitrogens with one attached hydrogen (secondary N) is 2. The van der Waals surface area contributed by atoms with Crippen LogP contribution in [0.5, 0.6) is 5.88 Å². The van der Waals surface area contributed by atoms with Gasteiger partial charge in [-0.15, -0.1) is 11.5 Å². The highest BCUT2D eigenvalue weighted by Gasteiger charge is 2.25. The maximum Gasteiger partial charge on any atom is 0.257 e. The smallest absolute Gasteiger partial charge is 0.257 e. The lowest BCUT2D eigenvalue weighted by molar-refractivity contribution is 0.0652. The van der Waals surface area contributed by atoms with E-state index in [0.717, 1.165) is 43.9 Å². The van der Waals surface area contributed by atoms with Gasteiger partial charge in [0, 0.05) is 25.7 Å². The molecule has 4 heterocycles. The van der Waals surface area contributed by atoms with Crippen LogP contribution in [0, 0.1) is 19.3 Å². The van der Waals surface area contributed by atoms with Gasteiger partial charge in [0.25, 0.3) is 5.88 Å². The molecule has 0 aromatic carbocycles. The molecule has 4 rings (SSSR count). The van der Waals surface area contributed by atoms with E-state index >= 15 is 0 Å². The molecule has 2 aromatic rings. The summed E-state index contributed by atoms with van der Waals surface area (Å²) in [6.45, 7) is 6.17. The van der Waals surface area contributed by atoms with Gasteiger partial charge in [0.15, 0.2) is 0 Å². The first-order chi connectivity index (χ1) is 13.2. The third kappa shape index (κ3) is 3.55. The highest BCUT2D eigenvalue weighted by Crippen LogP contribution is 2.34. The Balaban J connectivity index is 1.73. The van der Waals surface area contributed by atoms with Crippen LogP contribution < -0.4 is 15.4 Å². The summed E-state index contributed by atoms with van der Waals surface area (Å²) in [4.78, 5) is 8.92. The summed E-state index contributed by atoms with van der Waals surface area (Å²) < 4.78 is 13.5. The number of anilines is 3. The van der Waals surface area contributed by atoms with Crippen molar-refractivity contribution in [1.29, 1.82) is 0 Å². The van der Waals surface area contributed by atoms with Gasteiger partial charge in [0.05, 0.1) is 30.1 Å². The van der Waals surface area contributed by atoms with Gasteiger partial charge >= 0.3 is 0 Å². The Kier molecular flexibility index (Phi) is 4.86. The fraction of sp³-hybridized carbons (Fsp3) is 0.526. The maximum absolute atomic E-state index is 6.01. The predicted octanol–water partition coefficient (Wildman–Crippen LogP) is 2.64. The van der Waals surface area contributed by atoms with Gasteiger partial charge in [-0.1, -0.05) is 5.92 Å². The minimum atomic E-state index is 0.153. The number of fused-ring (bicyclic) bond motifs is 3. The van der Waals surface area contributed by atoms with Crippen molar-refractivity contribution in [2.75, 3.05) is 30.5 Å². The zero-order valence-electron chi connectivity index (χ0n) is 15.7. The average Bonchev–Trinajstić information content (AvgIpc) is 2.97. The summed E-state index contributed by atoms with van der Waals surface area (Å²) in [6.07, 6.45) is 9.92. The maximum atomic E-state index is 6.01. The third-order valence-corrected chi connectivity index (χ3v) is 5.01. The van der Waals surface area contributed by atoms with Gasteiger partial charge in [0.1, 0.15) is 11.5 Å². The van der Waals surface area contributed by atoms with E-state index in [0.29, 0.717) is 35.9 Å². The Hall–Kier alpha value is -2.79. The molecule has 0 aliphatic carbocycles. The number of ether oxygens (including phenoxy) is 2. The molecular formula is C19H24N6O2. The standard InChI is InChI=1S/C19H24N6O2/c1-4-14-11-20-19-22-16-13(3)25(15-6-8-26-9-7-15)24-18(16)27-10-5-12(2)21-17(14)23-19/h1,11-12,15H,5-10H2,2-3H3,(H2,20,21,22,23)/t12-/m1/s1. The molecule has 2 N–H and O–H groups in total. The Morgan fingerprint density at radius 3 is 2.85 bits per heavy atom. The number of hydrogen-bond acceptors (Lipinski definition) is 7. The predicted molar refractivity (Wildman–Crippen MR) is 103 cm³/mol. The van der Waals surface area contributed by atoms with Crippen molar-refractivity contribution in [2.45, 2.75) is 45.2 Å². The summed E-state index contributed by atoms with van der Waals surface area (Å²) in [7, 11) is 0. The zero-order valence-corrected chi connectivity index (χ0v) is 15.7. The Morgan fingerprint density at radius 2 is 2.07 bits per heavy atom. The van der Waals surface area contributed by atoms with Crippen LogP contribution in [0.15, 0.2) is 6.20 Å². The first-order valence-corrected chi connectivity index (χ1v) is 9.32. The quantitative estimate of drug-likeness (QED) is 0.748. The van der Waals surface area contributed by atoms with Crippen molar-refractivity contribution < 1.29 is 9.47 Å². The van der Waals surface area contributed by atoms with Gasteiger partial charge in [0.2, 0.25) is 5.95 Å². The van der Waals surface area contributed by atoms with Gasteiger partial charge in [-0.2, -0.15) is 4.98 Å². The van der Waals surface area contributed by atoms with E-state index in [1.54, 1.807) is 6.20 Å². The van der Waals surface area contributed by atoms with Crippen molar-refractivity contribution in [1.82, 2.24) is 19.7 Å². The van der Waals surface area contributed by atoms with Gasteiger partial charge in [-0.05, 0) is 26.7 Å². The second kappa shape index (κ2) is 7.45. The molecule has 2 aliphatic rings. The van der Waals surface area contributed by atoms with Crippen LogP contribution in [0.4, 0.5) is 17.5 Å². The fourth-order valence-electron chi connectivity index (χ4n) is 3.43. The summed E-state index contributed by atoms with van der Waals surface area (Å²) in [5, 5.41) is 11.4. The van der Waals surface area contributed by atoms with E-state index in [2.05, 4.69) is 33.4 Å². The lowest BCUT2D eigenvalue weighted by Crippen LogP contribution is -2.22. The van der Waals surface area contributed by atoms with Crippen LogP contribution in [0.25, 0.3) is 0 Å². The zero-order chi connectivity index (χ0) is 18.8. The lowest BCUT2D eigenvalue weighted by atomic mass is 10.1. The van der Waals surface area contributed by atoms with Crippen LogP contribution in [-0.2, 0) is 4.74 Å². The van der Waals surface area contributed by atoms with Crippen LogP contribution in [-0.4, -0.2) is 45.6 Å². The van der Waals surface area contributed by atoms with Crippen LogP contribution in [0.1, 0.15) is 43.5 Å². The van der Waals surface area contributed by atoms with Crippen molar-refractivity contribution in [3.05, 3.63) is 17.5 Å². The van der Waals surface area contributed by atoms with E-state index in [-0.39, 0.29) is 6.04 Å². The summed E-state index contributed by atoms with van der Waals surface area (Å²) in [5.41, 5.74) is 2.45. The molecule has 27 heavy (non-hydrogen) atoms. The molecule has 1 atom stereocenters. The van der Waals surface area contributed by atoms with E-state index in [9.17, 15) is 0 Å². The monoisotopic (exact) mass is 368 g/mol. The van der Waals surface area contributed by atoms with Gasteiger partial charge in [-0.3, -0.25) is 4.68 Å². The number of aromatic nitrogens is 4. The molecule has 1 fully saturated rings. The highest BCUT2D eigenvalue weighted by atomic mass is 16.5. The second-order valence-corrected chi connectivity index (χ2v) is 6.96. The molecule has 8 heteroatoms. The topological polar surface area (TPSA) is 86.1 Å². The van der Waals surface area contributed by atoms with E-state index < -0.39 is 0 Å². The van der Waals surface area contributed by atoms with Crippen molar-refractivity contribution >= 4 is 17.5 Å². The molecule has 2 aromatic heterocycles. The van der Waals surface area contributed by atoms with Gasteiger partial charge in [-0.25, -0.2) is 4.98 Å². The first-order valence-electron chi connectivity index (χ1n) is 9.32. The molecule has 0 unspecified atom stereocenters. The number of hydrogen-bond donors (Lipinski definition) is 2. The molecule has 0 radical (unpaired) electrons. The van der Waals surface area contributed by atoms with Crippen molar-refractivity contribution in [2.24, 2.45) is 0 Å². The number of nitrogens with zero attached hydrogens (tertiary/aromatic N) is 4. The Labute approximate surface area is 158 Å². The van der Waals surface area contributed by atoms with Crippen LogP contribution >= 0.6 is 0 Å². The molecule has 2 aliphatic heterocycles. The van der Waals surface area contributed by atoms with Crippen LogP contribution in [0.3, 0.4) is 0 Å². The third-order valence-electron chi connectivity index (χ3n) is 5.01. The molecule has 1 saturated heterocycles. The van der Waals surface area contributed by atoms with E-state index in [1.165, 1.54) is 0 Å². The summed E-state index contributed by atoms with van der Waals surface area (Å²) in [6, 6.07) is 0.463. The number of rotatable bonds is 1. The molecule has 8 nitrogen and oxygen atoms in total. The fourth-order valence-corrected chi connectivity index (χ4v) is 3.43. The van der Waals surface area contributed by atoms with Gasteiger partial charge < -0.3 is 20.1 Å². The molecule has 0 amide bonds. The van der Waals surface area contributed by atoms with Crippen LogP contribution in [0.2, 0.25) is 0 Å². The molecular weight excluding hydrogens is 344 g/mol. The molecule has 142 valence electrons. The Morgan fingerprint density at radius 1 is 1.26 bits per heavy atom. The molecule has 2 bridgehead atoms. The normalized spacial score (nSPS) is 20.3. The first kappa shape index (κ1) is 17.6. The summed E-state index contributed by atoms with van der Waals surface area (Å²) >= 11 is 0. The lowest BCUT2D eigenvalue weighted by Gasteiger charge is -2.23. The summed E-state index contributed by atoms with van der Waals surface area (Å²) in [5.74, 6) is 4.33. The second-order valence-electron chi connectivity index (χ2n) is 6.96. The highest BCUT2D eigenvalue weighted by molar-refractivity contribution is 5.65. The minimum absolute atomic E-state index is 0.153. The minimum Gasteiger partial charge on any atom is -0.475 e. The van der Waals surface area contributed by atoms with Crippen molar-refractivity contribution in [3.8, 4) is 18.2 Å². The Bertz CT molecular complexity index is 866. The van der Waals surface area contributed by atoms with E-state index in [1.807, 2.05) is 11.6 Å². The molecule has 0 spiro atoms. The average molecular weight is 368 g/mol. The van der Waals surface area contributed by atoms with E-state index in [4.69, 9.17) is 21.0 Å².